The molecule has 1 heterocycles. The molecular formula is C26H33N5O2. The largest absolute Gasteiger partial charge is 0.354 e. The Hall–Kier alpha value is -3.35. The van der Waals surface area contributed by atoms with E-state index < -0.39 is 12.2 Å². The Morgan fingerprint density at radius 2 is 1.88 bits per heavy atom. The highest BCUT2D eigenvalue weighted by Gasteiger charge is 2.34. The van der Waals surface area contributed by atoms with Crippen LogP contribution in [0.4, 0.5) is 16.2 Å². The number of amides is 3. The number of hydrogen-bond donors (Lipinski definition) is 2. The van der Waals surface area contributed by atoms with Crippen molar-refractivity contribution in [3.8, 4) is 0 Å². The molecule has 0 aromatic heterocycles. The Labute approximate surface area is 195 Å². The van der Waals surface area contributed by atoms with Gasteiger partial charge in [0.2, 0.25) is 6.17 Å². The molecule has 7 nitrogen and oxygen atoms in total. The maximum absolute atomic E-state index is 13.3. The van der Waals surface area contributed by atoms with E-state index in [1.54, 1.807) is 11.9 Å². The van der Waals surface area contributed by atoms with E-state index in [0.29, 0.717) is 11.7 Å². The van der Waals surface area contributed by atoms with Gasteiger partial charge in [-0.2, -0.15) is 0 Å². The molecule has 2 N–H and O–H groups in total. The summed E-state index contributed by atoms with van der Waals surface area (Å²) in [6, 6.07) is 15.3. The quantitative estimate of drug-likeness (QED) is 0.723. The van der Waals surface area contributed by atoms with Crippen molar-refractivity contribution in [1.29, 1.82) is 0 Å². The van der Waals surface area contributed by atoms with Gasteiger partial charge in [-0.25, -0.2) is 9.79 Å². The lowest BCUT2D eigenvalue weighted by Gasteiger charge is -2.36. The molecular weight excluding hydrogens is 414 g/mol. The van der Waals surface area contributed by atoms with Gasteiger partial charge in [-0.1, -0.05) is 43.5 Å². The van der Waals surface area contributed by atoms with E-state index >= 15 is 0 Å². The second kappa shape index (κ2) is 10.1. The Balaban J connectivity index is 1.66. The van der Waals surface area contributed by atoms with Gasteiger partial charge in [-0.05, 0) is 56.5 Å². The van der Waals surface area contributed by atoms with Gasteiger partial charge >= 0.3 is 6.03 Å². The minimum atomic E-state index is -1.01. The third kappa shape index (κ3) is 5.02. The number of para-hydroxylation sites is 1. The summed E-state index contributed by atoms with van der Waals surface area (Å²) >= 11 is 0. The van der Waals surface area contributed by atoms with Crippen LogP contribution in [0.25, 0.3) is 0 Å². The van der Waals surface area contributed by atoms with Crippen LogP contribution in [0.2, 0.25) is 0 Å². The van der Waals surface area contributed by atoms with E-state index in [2.05, 4.69) is 22.5 Å². The first-order valence-electron chi connectivity index (χ1n) is 11.8. The molecule has 4 rings (SSSR count). The number of carbonyl (C=O) groups is 2. The van der Waals surface area contributed by atoms with Gasteiger partial charge in [0.05, 0.1) is 5.69 Å². The van der Waals surface area contributed by atoms with Crippen LogP contribution in [-0.4, -0.2) is 48.5 Å². The number of aryl methyl sites for hydroxylation is 1. The molecule has 0 unspecified atom stereocenters. The van der Waals surface area contributed by atoms with Crippen LogP contribution < -0.4 is 15.5 Å². The summed E-state index contributed by atoms with van der Waals surface area (Å²) in [7, 11) is 1.74. The Kier molecular flexibility index (Phi) is 6.96. The maximum atomic E-state index is 13.3. The van der Waals surface area contributed by atoms with Crippen LogP contribution in [0, 0.1) is 6.92 Å². The second-order valence-electron chi connectivity index (χ2n) is 8.82. The smallest absolute Gasteiger partial charge is 0.321 e. The van der Waals surface area contributed by atoms with Gasteiger partial charge in [0.25, 0.3) is 5.91 Å². The number of urea groups is 1. The van der Waals surface area contributed by atoms with Crippen molar-refractivity contribution in [1.82, 2.24) is 10.2 Å². The van der Waals surface area contributed by atoms with Gasteiger partial charge in [0.1, 0.15) is 5.84 Å². The standard InChI is InChI=1S/C26H33N5O2/c1-4-31(20-13-6-5-7-14-20)24-21-15-8-9-16-22(21)30(3)25(32)23(28-24)29-26(33)27-19-12-10-11-18(2)17-19/h8-12,15-17,20,23H,4-7,13-14H2,1-3H3,(H2,27,29,33)/t23-/m0/s1. The van der Waals surface area contributed by atoms with Crippen molar-refractivity contribution < 1.29 is 9.59 Å². The summed E-state index contributed by atoms with van der Waals surface area (Å²) < 4.78 is 0. The van der Waals surface area contributed by atoms with Gasteiger partial charge in [0, 0.05) is 30.9 Å². The number of rotatable bonds is 4. The minimum Gasteiger partial charge on any atom is -0.354 e. The highest BCUT2D eigenvalue weighted by Crippen LogP contribution is 2.30. The fraction of sp³-hybridized carbons (Fsp3) is 0.423. The van der Waals surface area contributed by atoms with E-state index in [1.165, 1.54) is 19.3 Å². The summed E-state index contributed by atoms with van der Waals surface area (Å²) in [4.78, 5) is 34.9. The number of likely N-dealkylation sites (N-methyl/N-ethyl adjacent to an activating group) is 1. The molecule has 1 aliphatic heterocycles. The molecule has 2 aliphatic rings. The van der Waals surface area contributed by atoms with Crippen LogP contribution in [0.1, 0.15) is 50.2 Å². The van der Waals surface area contributed by atoms with Crippen LogP contribution in [0.15, 0.2) is 53.5 Å². The molecule has 0 radical (unpaired) electrons. The van der Waals surface area contributed by atoms with Crippen molar-refractivity contribution >= 4 is 29.1 Å². The monoisotopic (exact) mass is 447 g/mol. The summed E-state index contributed by atoms with van der Waals surface area (Å²) in [6.45, 7) is 4.88. The number of benzene rings is 2. The lowest BCUT2D eigenvalue weighted by molar-refractivity contribution is -0.119. The van der Waals surface area contributed by atoms with E-state index in [0.717, 1.165) is 42.0 Å². The zero-order valence-corrected chi connectivity index (χ0v) is 19.7. The van der Waals surface area contributed by atoms with Crippen LogP contribution in [0.3, 0.4) is 0 Å². The highest BCUT2D eigenvalue weighted by atomic mass is 16.2. The van der Waals surface area contributed by atoms with Gasteiger partial charge < -0.3 is 20.4 Å². The number of anilines is 2. The van der Waals surface area contributed by atoms with Crippen molar-refractivity contribution in [2.45, 2.75) is 58.2 Å². The third-order valence-electron chi connectivity index (χ3n) is 6.49. The molecule has 1 aliphatic carbocycles. The van der Waals surface area contributed by atoms with Crippen LogP contribution >= 0.6 is 0 Å². The number of benzodiazepines with no additional fused rings is 1. The Morgan fingerprint density at radius 1 is 1.12 bits per heavy atom. The van der Waals surface area contributed by atoms with Gasteiger partial charge in [-0.3, -0.25) is 4.79 Å². The van der Waals surface area contributed by atoms with Crippen LogP contribution in [0.5, 0.6) is 0 Å². The number of amidine groups is 1. The molecule has 1 atom stereocenters. The minimum absolute atomic E-state index is 0.267. The molecule has 3 amide bonds. The number of nitrogens with zero attached hydrogens (tertiary/aromatic N) is 3. The molecule has 174 valence electrons. The molecule has 0 saturated heterocycles. The van der Waals surface area contributed by atoms with E-state index in [1.807, 2.05) is 55.5 Å². The normalized spacial score (nSPS) is 18.8. The van der Waals surface area contributed by atoms with E-state index in [-0.39, 0.29) is 5.91 Å². The number of nitrogens with one attached hydrogen (secondary N) is 2. The number of aliphatic imine (C=N–C) groups is 1. The second-order valence-corrected chi connectivity index (χ2v) is 8.82. The number of hydrogen-bond acceptors (Lipinski definition) is 4. The molecule has 1 saturated carbocycles. The molecule has 2 aromatic rings. The van der Waals surface area contributed by atoms with Gasteiger partial charge in [0.15, 0.2) is 0 Å². The SMILES string of the molecule is CCN(C1=N[C@@H](NC(=O)Nc2cccc(C)c2)C(=O)N(C)c2ccccc21)C1CCCCC1. The fourth-order valence-corrected chi connectivity index (χ4v) is 4.82. The zero-order chi connectivity index (χ0) is 23.4. The number of carbonyl (C=O) groups excluding carboxylic acids is 2. The third-order valence-corrected chi connectivity index (χ3v) is 6.49. The van der Waals surface area contributed by atoms with Crippen molar-refractivity contribution in [3.63, 3.8) is 0 Å². The molecule has 0 bridgehead atoms. The first-order valence-corrected chi connectivity index (χ1v) is 11.8. The Bertz CT molecular complexity index is 1040. The predicted molar refractivity (Wildman–Crippen MR) is 133 cm³/mol. The average molecular weight is 448 g/mol. The first-order chi connectivity index (χ1) is 16.0. The molecule has 7 heteroatoms. The van der Waals surface area contributed by atoms with Gasteiger partial charge in [-0.15, -0.1) is 0 Å². The molecule has 1 fully saturated rings. The predicted octanol–water partition coefficient (Wildman–Crippen LogP) is 4.52. The maximum Gasteiger partial charge on any atom is 0.321 e. The summed E-state index contributed by atoms with van der Waals surface area (Å²) in [5, 5.41) is 5.62. The summed E-state index contributed by atoms with van der Waals surface area (Å²) in [5.74, 6) is 0.509. The summed E-state index contributed by atoms with van der Waals surface area (Å²) in [5.41, 5.74) is 3.44. The van der Waals surface area contributed by atoms with E-state index in [9.17, 15) is 9.59 Å². The summed E-state index contributed by atoms with van der Waals surface area (Å²) in [6.07, 6.45) is 4.89. The van der Waals surface area contributed by atoms with Crippen molar-refractivity contribution in [2.75, 3.05) is 23.8 Å². The molecule has 2 aromatic carbocycles. The molecule has 0 spiro atoms. The fourth-order valence-electron chi connectivity index (χ4n) is 4.82. The van der Waals surface area contributed by atoms with Crippen LogP contribution in [-0.2, 0) is 4.79 Å². The lowest BCUT2D eigenvalue weighted by atomic mass is 9.93. The first kappa shape index (κ1) is 22.8. The Morgan fingerprint density at radius 3 is 2.61 bits per heavy atom. The van der Waals surface area contributed by atoms with Crippen molar-refractivity contribution in [2.24, 2.45) is 4.99 Å². The molecule has 33 heavy (non-hydrogen) atoms. The van der Waals surface area contributed by atoms with E-state index in [4.69, 9.17) is 4.99 Å². The average Bonchev–Trinajstić information content (AvgIpc) is 2.92. The zero-order valence-electron chi connectivity index (χ0n) is 19.7. The number of fused-ring (bicyclic) bond motifs is 1. The topological polar surface area (TPSA) is 77.0 Å². The highest BCUT2D eigenvalue weighted by molar-refractivity contribution is 6.12. The lowest BCUT2D eigenvalue weighted by Crippen LogP contribution is -2.48. The van der Waals surface area contributed by atoms with Crippen molar-refractivity contribution in [3.05, 3.63) is 59.7 Å².